The molecule has 5 heteroatoms. The van der Waals surface area contributed by atoms with Crippen molar-refractivity contribution in [3.8, 4) is 5.75 Å². The zero-order chi connectivity index (χ0) is 15.3. The molecule has 2 N–H and O–H groups in total. The molecule has 110 valence electrons. The summed E-state index contributed by atoms with van der Waals surface area (Å²) in [6.07, 6.45) is -0.752. The summed E-state index contributed by atoms with van der Waals surface area (Å²) in [5.74, 6) is -0.894. The number of hydrogen-bond donors (Lipinski definition) is 2. The Morgan fingerprint density at radius 2 is 1.90 bits per heavy atom. The van der Waals surface area contributed by atoms with Gasteiger partial charge in [-0.2, -0.15) is 0 Å². The highest BCUT2D eigenvalue weighted by molar-refractivity contribution is 5.84. The molecule has 1 aromatic carbocycles. The summed E-state index contributed by atoms with van der Waals surface area (Å²) >= 11 is 0. The van der Waals surface area contributed by atoms with Gasteiger partial charge in [0, 0.05) is 0 Å². The van der Waals surface area contributed by atoms with E-state index in [4.69, 9.17) is 9.84 Å². The average Bonchev–Trinajstić information content (AvgIpc) is 2.35. The van der Waals surface area contributed by atoms with Crippen LogP contribution in [0.2, 0.25) is 0 Å². The maximum absolute atomic E-state index is 11.7. The third kappa shape index (κ3) is 4.57. The van der Waals surface area contributed by atoms with E-state index in [0.29, 0.717) is 5.75 Å². The second-order valence-corrected chi connectivity index (χ2v) is 5.62. The fraction of sp³-hybridized carbons (Fsp3) is 0.467. The fourth-order valence-corrected chi connectivity index (χ4v) is 1.74. The number of carbonyl (C=O) groups excluding carboxylic acids is 1. The molecule has 1 amide bonds. The summed E-state index contributed by atoms with van der Waals surface area (Å²) in [5, 5.41) is 10.8. The summed E-state index contributed by atoms with van der Waals surface area (Å²) in [5.41, 5.74) is 0.895. The number of benzene rings is 1. The SMILES string of the molecule is CC(Oc1ccccc1C(C)(C)C)C(=O)NCC(=O)O. The van der Waals surface area contributed by atoms with Crippen LogP contribution in [0.4, 0.5) is 0 Å². The molecule has 0 bridgehead atoms. The van der Waals surface area contributed by atoms with Gasteiger partial charge < -0.3 is 15.2 Å². The summed E-state index contributed by atoms with van der Waals surface area (Å²) in [7, 11) is 0. The molecule has 0 saturated heterocycles. The summed E-state index contributed by atoms with van der Waals surface area (Å²) in [6.45, 7) is 7.36. The molecule has 0 spiro atoms. The topological polar surface area (TPSA) is 75.6 Å². The number of aliphatic carboxylic acids is 1. The Labute approximate surface area is 118 Å². The normalized spacial score (nSPS) is 12.6. The Hall–Kier alpha value is -2.04. The first-order valence-electron chi connectivity index (χ1n) is 6.47. The van der Waals surface area contributed by atoms with E-state index in [1.54, 1.807) is 6.92 Å². The van der Waals surface area contributed by atoms with E-state index in [1.165, 1.54) is 0 Å². The Kier molecular flexibility index (Phi) is 5.13. The minimum Gasteiger partial charge on any atom is -0.481 e. The van der Waals surface area contributed by atoms with Gasteiger partial charge in [-0.1, -0.05) is 39.0 Å². The summed E-state index contributed by atoms with van der Waals surface area (Å²) in [4.78, 5) is 22.1. The van der Waals surface area contributed by atoms with Gasteiger partial charge in [0.1, 0.15) is 12.3 Å². The maximum Gasteiger partial charge on any atom is 0.322 e. The maximum atomic E-state index is 11.7. The molecular formula is C15H21NO4. The Morgan fingerprint density at radius 1 is 1.30 bits per heavy atom. The lowest BCUT2D eigenvalue weighted by molar-refractivity contribution is -0.139. The van der Waals surface area contributed by atoms with Crippen LogP contribution < -0.4 is 10.1 Å². The van der Waals surface area contributed by atoms with E-state index in [2.05, 4.69) is 26.1 Å². The molecule has 0 aliphatic carbocycles. The highest BCUT2D eigenvalue weighted by Crippen LogP contribution is 2.31. The molecule has 0 fully saturated rings. The smallest absolute Gasteiger partial charge is 0.322 e. The highest BCUT2D eigenvalue weighted by atomic mass is 16.5. The van der Waals surface area contributed by atoms with Gasteiger partial charge in [-0.25, -0.2) is 0 Å². The lowest BCUT2D eigenvalue weighted by atomic mass is 9.86. The Balaban J connectivity index is 2.78. The molecule has 1 aromatic rings. The van der Waals surface area contributed by atoms with Crippen LogP contribution in [0.5, 0.6) is 5.75 Å². The fourth-order valence-electron chi connectivity index (χ4n) is 1.74. The van der Waals surface area contributed by atoms with Crippen LogP contribution in [0.3, 0.4) is 0 Å². The van der Waals surface area contributed by atoms with Crippen molar-refractivity contribution in [3.05, 3.63) is 29.8 Å². The average molecular weight is 279 g/mol. The van der Waals surface area contributed by atoms with E-state index in [-0.39, 0.29) is 5.41 Å². The van der Waals surface area contributed by atoms with Gasteiger partial charge in [-0.3, -0.25) is 9.59 Å². The number of nitrogens with one attached hydrogen (secondary N) is 1. The summed E-state index contributed by atoms with van der Waals surface area (Å²) < 4.78 is 5.66. The van der Waals surface area contributed by atoms with Gasteiger partial charge in [0.25, 0.3) is 5.91 Å². The minimum atomic E-state index is -1.08. The van der Waals surface area contributed by atoms with Gasteiger partial charge in [-0.15, -0.1) is 0 Å². The van der Waals surface area contributed by atoms with Crippen LogP contribution >= 0.6 is 0 Å². The molecule has 5 nitrogen and oxygen atoms in total. The van der Waals surface area contributed by atoms with Crippen molar-refractivity contribution in [1.29, 1.82) is 0 Å². The molecule has 0 aliphatic rings. The first-order chi connectivity index (χ1) is 9.21. The lowest BCUT2D eigenvalue weighted by Gasteiger charge is -2.24. The van der Waals surface area contributed by atoms with Gasteiger partial charge >= 0.3 is 5.97 Å². The number of carboxylic acids is 1. The van der Waals surface area contributed by atoms with Crippen molar-refractivity contribution in [1.82, 2.24) is 5.32 Å². The third-order valence-electron chi connectivity index (χ3n) is 2.78. The van der Waals surface area contributed by atoms with E-state index < -0.39 is 24.5 Å². The van der Waals surface area contributed by atoms with E-state index in [9.17, 15) is 9.59 Å². The van der Waals surface area contributed by atoms with Crippen LogP contribution in [0.15, 0.2) is 24.3 Å². The molecule has 1 rings (SSSR count). The second-order valence-electron chi connectivity index (χ2n) is 5.62. The molecule has 0 radical (unpaired) electrons. The van der Waals surface area contributed by atoms with E-state index in [1.807, 2.05) is 24.3 Å². The monoisotopic (exact) mass is 279 g/mol. The zero-order valence-corrected chi connectivity index (χ0v) is 12.3. The lowest BCUT2D eigenvalue weighted by Crippen LogP contribution is -2.39. The quantitative estimate of drug-likeness (QED) is 0.864. The molecule has 0 saturated carbocycles. The van der Waals surface area contributed by atoms with Crippen LogP contribution in [0.1, 0.15) is 33.3 Å². The van der Waals surface area contributed by atoms with Gasteiger partial charge in [0.2, 0.25) is 0 Å². The molecular weight excluding hydrogens is 258 g/mol. The zero-order valence-electron chi connectivity index (χ0n) is 12.3. The number of amides is 1. The van der Waals surface area contributed by atoms with Crippen molar-refractivity contribution in [2.45, 2.75) is 39.2 Å². The second kappa shape index (κ2) is 6.41. The number of hydrogen-bond acceptors (Lipinski definition) is 3. The van der Waals surface area contributed by atoms with Crippen LogP contribution in [0, 0.1) is 0 Å². The molecule has 0 aliphatic heterocycles. The van der Waals surface area contributed by atoms with Gasteiger partial charge in [0.15, 0.2) is 6.10 Å². The Bertz CT molecular complexity index is 491. The van der Waals surface area contributed by atoms with Crippen LogP contribution in [-0.4, -0.2) is 29.6 Å². The van der Waals surface area contributed by atoms with E-state index in [0.717, 1.165) is 5.56 Å². The molecule has 0 aromatic heterocycles. The molecule has 1 unspecified atom stereocenters. The van der Waals surface area contributed by atoms with Crippen molar-refractivity contribution >= 4 is 11.9 Å². The van der Waals surface area contributed by atoms with Crippen molar-refractivity contribution < 1.29 is 19.4 Å². The predicted octanol–water partition coefficient (Wildman–Crippen LogP) is 1.95. The predicted molar refractivity (Wildman–Crippen MR) is 75.9 cm³/mol. The van der Waals surface area contributed by atoms with Crippen LogP contribution in [0.25, 0.3) is 0 Å². The largest absolute Gasteiger partial charge is 0.481 e. The van der Waals surface area contributed by atoms with E-state index >= 15 is 0 Å². The molecule has 20 heavy (non-hydrogen) atoms. The Morgan fingerprint density at radius 3 is 2.45 bits per heavy atom. The summed E-state index contributed by atoms with van der Waals surface area (Å²) in [6, 6.07) is 7.52. The minimum absolute atomic E-state index is 0.103. The standard InChI is InChI=1S/C15H21NO4/c1-10(14(19)16-9-13(17)18)20-12-8-6-5-7-11(12)15(2,3)4/h5-8,10H,9H2,1-4H3,(H,16,19)(H,17,18). The number of ether oxygens (including phenoxy) is 1. The first-order valence-corrected chi connectivity index (χ1v) is 6.47. The first kappa shape index (κ1) is 16.0. The molecule has 1 atom stereocenters. The molecule has 0 heterocycles. The van der Waals surface area contributed by atoms with Crippen LogP contribution in [-0.2, 0) is 15.0 Å². The van der Waals surface area contributed by atoms with Gasteiger partial charge in [0.05, 0.1) is 0 Å². The highest BCUT2D eigenvalue weighted by Gasteiger charge is 2.22. The van der Waals surface area contributed by atoms with Crippen molar-refractivity contribution in [2.24, 2.45) is 0 Å². The van der Waals surface area contributed by atoms with Crippen molar-refractivity contribution in [2.75, 3.05) is 6.54 Å². The van der Waals surface area contributed by atoms with Gasteiger partial charge in [-0.05, 0) is 24.0 Å². The number of carbonyl (C=O) groups is 2. The number of carboxylic acid groups (broad SMARTS) is 1. The number of rotatable bonds is 5. The third-order valence-corrected chi connectivity index (χ3v) is 2.78. The number of para-hydroxylation sites is 1. The van der Waals surface area contributed by atoms with Crippen molar-refractivity contribution in [3.63, 3.8) is 0 Å².